The standard InChI is InChI=1S/C14H9Br3N2O3/c15-9-3-1-2-7(4-9)14(22)19-18-6-8-5-10(16)13(21)11(17)12(8)20/h1-6,20-21H,(H,19,22)/b18-6+. The van der Waals surface area contributed by atoms with Gasteiger partial charge in [0.2, 0.25) is 0 Å². The normalized spacial score (nSPS) is 10.9. The Morgan fingerprint density at radius 1 is 1.14 bits per heavy atom. The second-order valence-electron chi connectivity index (χ2n) is 4.17. The van der Waals surface area contributed by atoms with Crippen molar-refractivity contribution in [3.8, 4) is 11.5 Å². The van der Waals surface area contributed by atoms with Gasteiger partial charge < -0.3 is 10.2 Å². The lowest BCUT2D eigenvalue weighted by molar-refractivity contribution is 0.0955. The lowest BCUT2D eigenvalue weighted by atomic mass is 10.2. The van der Waals surface area contributed by atoms with Crippen molar-refractivity contribution in [1.82, 2.24) is 5.43 Å². The van der Waals surface area contributed by atoms with Crippen LogP contribution in [0.2, 0.25) is 0 Å². The van der Waals surface area contributed by atoms with Crippen LogP contribution in [0.15, 0.2) is 48.9 Å². The zero-order valence-electron chi connectivity index (χ0n) is 10.8. The Bertz CT molecular complexity index is 763. The molecule has 0 bridgehead atoms. The summed E-state index contributed by atoms with van der Waals surface area (Å²) < 4.78 is 1.31. The fourth-order valence-corrected chi connectivity index (χ4v) is 3.12. The molecule has 0 saturated heterocycles. The van der Waals surface area contributed by atoms with Crippen molar-refractivity contribution in [3.05, 3.63) is 54.9 Å². The van der Waals surface area contributed by atoms with Gasteiger partial charge in [0.25, 0.3) is 5.91 Å². The summed E-state index contributed by atoms with van der Waals surface area (Å²) in [6, 6.07) is 8.34. The number of phenolic OH excluding ortho intramolecular Hbond substituents is 2. The van der Waals surface area contributed by atoms with E-state index in [-0.39, 0.29) is 21.9 Å². The number of hydrazone groups is 1. The van der Waals surface area contributed by atoms with Crippen LogP contribution in [-0.4, -0.2) is 22.3 Å². The predicted molar refractivity (Wildman–Crippen MR) is 94.4 cm³/mol. The molecule has 2 aromatic rings. The third-order valence-corrected chi connectivity index (χ3v) is 4.50. The van der Waals surface area contributed by atoms with Gasteiger partial charge >= 0.3 is 0 Å². The molecule has 0 radical (unpaired) electrons. The van der Waals surface area contributed by atoms with E-state index in [9.17, 15) is 15.0 Å². The van der Waals surface area contributed by atoms with Crippen molar-refractivity contribution in [3.63, 3.8) is 0 Å². The average Bonchev–Trinajstić information content (AvgIpc) is 2.50. The first-order chi connectivity index (χ1) is 10.4. The van der Waals surface area contributed by atoms with Gasteiger partial charge in [0.15, 0.2) is 0 Å². The number of rotatable bonds is 3. The monoisotopic (exact) mass is 490 g/mol. The van der Waals surface area contributed by atoms with Crippen molar-refractivity contribution in [2.45, 2.75) is 0 Å². The molecule has 0 heterocycles. The van der Waals surface area contributed by atoms with E-state index in [1.165, 1.54) is 12.3 Å². The van der Waals surface area contributed by atoms with Gasteiger partial charge in [0.1, 0.15) is 16.0 Å². The third kappa shape index (κ3) is 3.88. The fraction of sp³-hybridized carbons (Fsp3) is 0. The van der Waals surface area contributed by atoms with Crippen LogP contribution in [0.5, 0.6) is 11.5 Å². The first-order valence-electron chi connectivity index (χ1n) is 5.89. The van der Waals surface area contributed by atoms with E-state index in [0.717, 1.165) is 4.47 Å². The summed E-state index contributed by atoms with van der Waals surface area (Å²) in [7, 11) is 0. The number of nitrogens with zero attached hydrogens (tertiary/aromatic N) is 1. The van der Waals surface area contributed by atoms with Gasteiger partial charge in [-0.15, -0.1) is 0 Å². The van der Waals surface area contributed by atoms with E-state index in [2.05, 4.69) is 58.3 Å². The van der Waals surface area contributed by atoms with E-state index >= 15 is 0 Å². The zero-order chi connectivity index (χ0) is 16.3. The average molecular weight is 493 g/mol. The molecule has 2 aromatic carbocycles. The van der Waals surface area contributed by atoms with Crippen molar-refractivity contribution in [1.29, 1.82) is 0 Å². The van der Waals surface area contributed by atoms with Crippen LogP contribution in [0.3, 0.4) is 0 Å². The minimum atomic E-state index is -0.381. The van der Waals surface area contributed by atoms with E-state index in [4.69, 9.17) is 0 Å². The highest BCUT2D eigenvalue weighted by Crippen LogP contribution is 2.40. The Morgan fingerprint density at radius 2 is 1.86 bits per heavy atom. The number of hydrogen-bond donors (Lipinski definition) is 3. The highest BCUT2D eigenvalue weighted by atomic mass is 79.9. The Balaban J connectivity index is 2.15. The maximum Gasteiger partial charge on any atom is 0.271 e. The number of phenols is 2. The molecule has 0 aliphatic carbocycles. The van der Waals surface area contributed by atoms with Gasteiger partial charge in [0.05, 0.1) is 10.7 Å². The second-order valence-corrected chi connectivity index (χ2v) is 6.73. The predicted octanol–water partition coefficient (Wildman–Crippen LogP) is 4.15. The first kappa shape index (κ1) is 17.0. The second kappa shape index (κ2) is 7.26. The Kier molecular flexibility index (Phi) is 5.60. The molecule has 3 N–H and O–H groups in total. The van der Waals surface area contributed by atoms with Crippen LogP contribution in [0, 0.1) is 0 Å². The molecular weight excluding hydrogens is 484 g/mol. The molecule has 0 aliphatic heterocycles. The Labute approximate surface area is 151 Å². The number of hydrogen-bond acceptors (Lipinski definition) is 4. The van der Waals surface area contributed by atoms with Gasteiger partial charge in [-0.3, -0.25) is 4.79 Å². The van der Waals surface area contributed by atoms with Crippen LogP contribution >= 0.6 is 47.8 Å². The van der Waals surface area contributed by atoms with Gasteiger partial charge in [-0.05, 0) is 56.1 Å². The molecule has 0 aromatic heterocycles. The molecule has 114 valence electrons. The topological polar surface area (TPSA) is 81.9 Å². The summed E-state index contributed by atoms with van der Waals surface area (Å²) in [4.78, 5) is 11.9. The van der Waals surface area contributed by atoms with E-state index in [0.29, 0.717) is 15.6 Å². The van der Waals surface area contributed by atoms with E-state index in [1.54, 1.807) is 18.2 Å². The number of amides is 1. The van der Waals surface area contributed by atoms with E-state index in [1.807, 2.05) is 6.07 Å². The summed E-state index contributed by atoms with van der Waals surface area (Å²) in [5.41, 5.74) is 3.13. The van der Waals surface area contributed by atoms with Crippen molar-refractivity contribution in [2.75, 3.05) is 0 Å². The minimum Gasteiger partial charge on any atom is -0.506 e. The summed E-state index contributed by atoms with van der Waals surface area (Å²) in [5, 5.41) is 23.3. The minimum absolute atomic E-state index is 0.118. The number of carbonyl (C=O) groups is 1. The Hall–Kier alpha value is -1.38. The maximum absolute atomic E-state index is 11.9. The quantitative estimate of drug-likeness (QED) is 0.445. The maximum atomic E-state index is 11.9. The summed E-state index contributed by atoms with van der Waals surface area (Å²) in [6.07, 6.45) is 1.28. The lowest BCUT2D eigenvalue weighted by Crippen LogP contribution is -2.17. The van der Waals surface area contributed by atoms with Gasteiger partial charge in [-0.1, -0.05) is 22.0 Å². The van der Waals surface area contributed by atoms with Crippen LogP contribution in [-0.2, 0) is 0 Å². The molecule has 8 heteroatoms. The van der Waals surface area contributed by atoms with Crippen molar-refractivity contribution >= 4 is 59.9 Å². The van der Waals surface area contributed by atoms with Gasteiger partial charge in [-0.25, -0.2) is 5.43 Å². The van der Waals surface area contributed by atoms with E-state index < -0.39 is 0 Å². The molecule has 0 atom stereocenters. The van der Waals surface area contributed by atoms with Crippen LogP contribution in [0.25, 0.3) is 0 Å². The van der Waals surface area contributed by atoms with Crippen molar-refractivity contribution < 1.29 is 15.0 Å². The first-order valence-corrected chi connectivity index (χ1v) is 8.27. The van der Waals surface area contributed by atoms with Crippen LogP contribution in [0.4, 0.5) is 0 Å². The molecule has 1 amide bonds. The van der Waals surface area contributed by atoms with Crippen LogP contribution in [0.1, 0.15) is 15.9 Å². The van der Waals surface area contributed by atoms with Crippen molar-refractivity contribution in [2.24, 2.45) is 5.10 Å². The smallest absolute Gasteiger partial charge is 0.271 e. The molecule has 0 aliphatic rings. The summed E-state index contributed by atoms with van der Waals surface area (Å²) in [6.45, 7) is 0. The molecule has 22 heavy (non-hydrogen) atoms. The van der Waals surface area contributed by atoms with Gasteiger partial charge in [0, 0.05) is 15.6 Å². The number of aromatic hydroxyl groups is 2. The number of halogens is 3. The molecule has 5 nitrogen and oxygen atoms in total. The fourth-order valence-electron chi connectivity index (χ4n) is 1.57. The lowest BCUT2D eigenvalue weighted by Gasteiger charge is -2.06. The molecule has 0 saturated carbocycles. The number of carbonyl (C=O) groups excluding carboxylic acids is 1. The number of benzene rings is 2. The molecular formula is C14H9Br3N2O3. The molecule has 0 unspecified atom stereocenters. The highest BCUT2D eigenvalue weighted by molar-refractivity contribution is 9.11. The summed E-state index contributed by atoms with van der Waals surface area (Å²) >= 11 is 9.50. The highest BCUT2D eigenvalue weighted by Gasteiger charge is 2.13. The molecule has 0 spiro atoms. The summed E-state index contributed by atoms with van der Waals surface area (Å²) in [5.74, 6) is -0.678. The third-order valence-electron chi connectivity index (χ3n) is 2.65. The molecule has 0 fully saturated rings. The largest absolute Gasteiger partial charge is 0.506 e. The van der Waals surface area contributed by atoms with Gasteiger partial charge in [-0.2, -0.15) is 5.10 Å². The Morgan fingerprint density at radius 3 is 2.55 bits per heavy atom. The van der Waals surface area contributed by atoms with Crippen LogP contribution < -0.4 is 5.43 Å². The number of nitrogens with one attached hydrogen (secondary N) is 1. The SMILES string of the molecule is O=C(N/N=C/c1cc(Br)c(O)c(Br)c1O)c1cccc(Br)c1. The molecule has 2 rings (SSSR count). The zero-order valence-corrected chi connectivity index (χ0v) is 15.6.